The Morgan fingerprint density at radius 1 is 1.36 bits per heavy atom. The fraction of sp³-hybridized carbons (Fsp3) is 0.353. The van der Waals surface area contributed by atoms with Gasteiger partial charge < -0.3 is 24.5 Å². The second-order valence-electron chi connectivity index (χ2n) is 5.85. The summed E-state index contributed by atoms with van der Waals surface area (Å²) in [7, 11) is 1.79. The highest BCUT2D eigenvalue weighted by atomic mass is 16.5. The van der Waals surface area contributed by atoms with Crippen LogP contribution in [0.15, 0.2) is 36.8 Å². The summed E-state index contributed by atoms with van der Waals surface area (Å²) in [5.41, 5.74) is 0.525. The summed E-state index contributed by atoms with van der Waals surface area (Å²) >= 11 is 0. The Kier molecular flexibility index (Phi) is 4.99. The van der Waals surface area contributed by atoms with Gasteiger partial charge >= 0.3 is 5.97 Å². The first kappa shape index (κ1) is 17.0. The molecule has 0 unspecified atom stereocenters. The number of imidazole rings is 1. The standard InChI is InChI=1S/C17H19N3O5/c1-20-8-13(18-10-20)16(21)19-14-9-24-7-6-15(14)25-12-4-2-11(3-5-12)17(22)23/h2-5,8,10,14-15H,6-7,9H2,1H3,(H,19,21)(H,22,23)/t14-,15-/m1/s1. The van der Waals surface area contributed by atoms with Gasteiger partial charge in [0, 0.05) is 19.7 Å². The van der Waals surface area contributed by atoms with Crippen LogP contribution in [0.3, 0.4) is 0 Å². The van der Waals surface area contributed by atoms with Gasteiger partial charge in [-0.2, -0.15) is 0 Å². The number of hydrogen-bond acceptors (Lipinski definition) is 5. The largest absolute Gasteiger partial charge is 0.488 e. The molecule has 3 rings (SSSR count). The Balaban J connectivity index is 1.66. The van der Waals surface area contributed by atoms with Crippen LogP contribution in [0.2, 0.25) is 0 Å². The lowest BCUT2D eigenvalue weighted by Crippen LogP contribution is -2.51. The van der Waals surface area contributed by atoms with Crippen molar-refractivity contribution in [1.29, 1.82) is 0 Å². The van der Waals surface area contributed by atoms with E-state index >= 15 is 0 Å². The number of carbonyl (C=O) groups is 2. The van der Waals surface area contributed by atoms with E-state index in [9.17, 15) is 9.59 Å². The number of hydrogen-bond donors (Lipinski definition) is 2. The van der Waals surface area contributed by atoms with Crippen LogP contribution >= 0.6 is 0 Å². The zero-order chi connectivity index (χ0) is 17.8. The molecule has 1 aliphatic rings. The fourth-order valence-corrected chi connectivity index (χ4v) is 2.62. The highest BCUT2D eigenvalue weighted by Crippen LogP contribution is 2.19. The quantitative estimate of drug-likeness (QED) is 0.841. The first-order chi connectivity index (χ1) is 12.0. The molecule has 1 aromatic heterocycles. The van der Waals surface area contributed by atoms with Gasteiger partial charge in [-0.25, -0.2) is 9.78 Å². The number of aromatic carboxylic acids is 1. The molecule has 2 atom stereocenters. The summed E-state index contributed by atoms with van der Waals surface area (Å²) < 4.78 is 13.1. The van der Waals surface area contributed by atoms with Crippen molar-refractivity contribution < 1.29 is 24.2 Å². The Morgan fingerprint density at radius 3 is 2.76 bits per heavy atom. The number of ether oxygens (including phenoxy) is 2. The third-order valence-corrected chi connectivity index (χ3v) is 3.94. The van der Waals surface area contributed by atoms with E-state index in [2.05, 4.69) is 10.3 Å². The molecule has 0 spiro atoms. The number of nitrogens with one attached hydrogen (secondary N) is 1. The van der Waals surface area contributed by atoms with E-state index in [0.717, 1.165) is 0 Å². The minimum atomic E-state index is -0.988. The van der Waals surface area contributed by atoms with Crippen molar-refractivity contribution in [1.82, 2.24) is 14.9 Å². The molecule has 1 aliphatic heterocycles. The summed E-state index contributed by atoms with van der Waals surface area (Å²) in [5.74, 6) is -0.724. The summed E-state index contributed by atoms with van der Waals surface area (Å²) in [6.45, 7) is 0.879. The van der Waals surface area contributed by atoms with Gasteiger partial charge in [-0.05, 0) is 24.3 Å². The molecule has 132 valence electrons. The predicted octanol–water partition coefficient (Wildman–Crippen LogP) is 1.08. The Bertz CT molecular complexity index is 756. The average molecular weight is 345 g/mol. The van der Waals surface area contributed by atoms with E-state index in [1.807, 2.05) is 0 Å². The molecular formula is C17H19N3O5. The average Bonchev–Trinajstić information content (AvgIpc) is 3.04. The van der Waals surface area contributed by atoms with Crippen molar-refractivity contribution in [2.45, 2.75) is 18.6 Å². The second-order valence-corrected chi connectivity index (χ2v) is 5.85. The molecular weight excluding hydrogens is 326 g/mol. The maximum absolute atomic E-state index is 12.3. The third kappa shape index (κ3) is 4.16. The Morgan fingerprint density at radius 2 is 2.12 bits per heavy atom. The molecule has 2 heterocycles. The molecule has 0 saturated carbocycles. The summed E-state index contributed by atoms with van der Waals surface area (Å²) in [5, 5.41) is 11.8. The van der Waals surface area contributed by atoms with Gasteiger partial charge in [0.1, 0.15) is 17.5 Å². The van der Waals surface area contributed by atoms with Crippen molar-refractivity contribution in [3.05, 3.63) is 48.0 Å². The van der Waals surface area contributed by atoms with Gasteiger partial charge in [-0.1, -0.05) is 0 Å². The van der Waals surface area contributed by atoms with E-state index in [1.165, 1.54) is 12.1 Å². The van der Waals surface area contributed by atoms with Crippen LogP contribution < -0.4 is 10.1 Å². The van der Waals surface area contributed by atoms with Crippen molar-refractivity contribution >= 4 is 11.9 Å². The van der Waals surface area contributed by atoms with Crippen LogP contribution in [0.25, 0.3) is 0 Å². The first-order valence-corrected chi connectivity index (χ1v) is 7.89. The number of rotatable bonds is 5. The van der Waals surface area contributed by atoms with Crippen molar-refractivity contribution in [3.63, 3.8) is 0 Å². The number of aryl methyl sites for hydroxylation is 1. The number of carboxylic acids is 1. The summed E-state index contributed by atoms with van der Waals surface area (Å²) in [6, 6.07) is 5.87. The highest BCUT2D eigenvalue weighted by molar-refractivity contribution is 5.92. The minimum absolute atomic E-state index is 0.194. The van der Waals surface area contributed by atoms with E-state index < -0.39 is 5.97 Å². The normalized spacial score (nSPS) is 20.0. The van der Waals surface area contributed by atoms with Gasteiger partial charge in [-0.15, -0.1) is 0 Å². The lowest BCUT2D eigenvalue weighted by atomic mass is 10.1. The Hall–Kier alpha value is -2.87. The van der Waals surface area contributed by atoms with E-state index in [1.54, 1.807) is 36.3 Å². The number of benzene rings is 1. The van der Waals surface area contributed by atoms with Crippen LogP contribution in [-0.2, 0) is 11.8 Å². The summed E-state index contributed by atoms with van der Waals surface area (Å²) in [6.07, 6.45) is 3.55. The maximum atomic E-state index is 12.3. The first-order valence-electron chi connectivity index (χ1n) is 7.89. The minimum Gasteiger partial charge on any atom is -0.488 e. The molecule has 0 radical (unpaired) electrons. The number of carboxylic acid groups (broad SMARTS) is 1. The topological polar surface area (TPSA) is 103 Å². The number of amides is 1. The van der Waals surface area contributed by atoms with Gasteiger partial charge in [0.25, 0.3) is 5.91 Å². The summed E-state index contributed by atoms with van der Waals surface area (Å²) in [4.78, 5) is 27.2. The smallest absolute Gasteiger partial charge is 0.335 e. The molecule has 1 fully saturated rings. The Labute approximate surface area is 144 Å². The van der Waals surface area contributed by atoms with Gasteiger partial charge in [0.15, 0.2) is 0 Å². The molecule has 2 aromatic rings. The molecule has 1 aromatic carbocycles. The van der Waals surface area contributed by atoms with Crippen LogP contribution in [0.1, 0.15) is 27.3 Å². The van der Waals surface area contributed by atoms with Crippen molar-refractivity contribution in [2.24, 2.45) is 7.05 Å². The lowest BCUT2D eigenvalue weighted by molar-refractivity contribution is -0.00294. The zero-order valence-electron chi connectivity index (χ0n) is 13.7. The van der Waals surface area contributed by atoms with Gasteiger partial charge in [0.05, 0.1) is 31.1 Å². The molecule has 0 aliphatic carbocycles. The third-order valence-electron chi connectivity index (χ3n) is 3.94. The fourth-order valence-electron chi connectivity index (χ4n) is 2.62. The van der Waals surface area contributed by atoms with Gasteiger partial charge in [-0.3, -0.25) is 4.79 Å². The molecule has 25 heavy (non-hydrogen) atoms. The molecule has 8 heteroatoms. The molecule has 1 saturated heterocycles. The number of carbonyl (C=O) groups excluding carboxylic acids is 1. The van der Waals surface area contributed by atoms with Crippen LogP contribution in [0, 0.1) is 0 Å². The van der Waals surface area contributed by atoms with Crippen LogP contribution in [0.5, 0.6) is 5.75 Å². The number of nitrogens with zero attached hydrogens (tertiary/aromatic N) is 2. The molecule has 0 bridgehead atoms. The SMILES string of the molecule is Cn1cnc(C(=O)N[C@@H]2COCC[C@H]2Oc2ccc(C(=O)O)cc2)c1. The van der Waals surface area contributed by atoms with Gasteiger partial charge in [0.2, 0.25) is 0 Å². The molecule has 2 N–H and O–H groups in total. The molecule has 1 amide bonds. The van der Waals surface area contributed by atoms with Crippen LogP contribution in [0.4, 0.5) is 0 Å². The zero-order valence-corrected chi connectivity index (χ0v) is 13.7. The van der Waals surface area contributed by atoms with E-state index in [-0.39, 0.29) is 23.6 Å². The molecule has 8 nitrogen and oxygen atoms in total. The monoisotopic (exact) mass is 345 g/mol. The van der Waals surface area contributed by atoms with E-state index in [0.29, 0.717) is 31.1 Å². The van der Waals surface area contributed by atoms with Crippen LogP contribution in [-0.4, -0.2) is 51.9 Å². The highest BCUT2D eigenvalue weighted by Gasteiger charge is 2.29. The van der Waals surface area contributed by atoms with Crippen molar-refractivity contribution in [3.8, 4) is 5.75 Å². The maximum Gasteiger partial charge on any atom is 0.335 e. The number of aromatic nitrogens is 2. The van der Waals surface area contributed by atoms with Crippen molar-refractivity contribution in [2.75, 3.05) is 13.2 Å². The van der Waals surface area contributed by atoms with E-state index in [4.69, 9.17) is 14.6 Å². The predicted molar refractivity (Wildman–Crippen MR) is 87.7 cm³/mol. The lowest BCUT2D eigenvalue weighted by Gasteiger charge is -2.32. The second kappa shape index (κ2) is 7.35.